The summed E-state index contributed by atoms with van der Waals surface area (Å²) in [6, 6.07) is 3.39. The van der Waals surface area contributed by atoms with Crippen molar-refractivity contribution < 1.29 is 19.4 Å². The lowest BCUT2D eigenvalue weighted by Crippen LogP contribution is -2.36. The van der Waals surface area contributed by atoms with E-state index in [-0.39, 0.29) is 6.10 Å². The second-order valence-corrected chi connectivity index (χ2v) is 5.82. The molecule has 5 heteroatoms. The molecular weight excluding hydrogens is 282 g/mol. The predicted molar refractivity (Wildman–Crippen MR) is 84.6 cm³/mol. The lowest BCUT2D eigenvalue weighted by Gasteiger charge is -2.16. The molecule has 0 saturated heterocycles. The normalized spacial score (nSPS) is 17.7. The van der Waals surface area contributed by atoms with Crippen molar-refractivity contribution >= 4 is 5.97 Å². The molecular formula is C17H25NO4. The van der Waals surface area contributed by atoms with Gasteiger partial charge in [-0.25, -0.2) is 0 Å². The molecule has 2 atom stereocenters. The number of fused-ring (bicyclic) bond motifs is 1. The van der Waals surface area contributed by atoms with Crippen LogP contribution in [0.2, 0.25) is 0 Å². The fourth-order valence-corrected chi connectivity index (χ4v) is 2.78. The van der Waals surface area contributed by atoms with Crippen molar-refractivity contribution in [2.24, 2.45) is 0 Å². The number of nitrogens with one attached hydrogen (secondary N) is 1. The lowest BCUT2D eigenvalue weighted by atomic mass is 10.0. The van der Waals surface area contributed by atoms with Gasteiger partial charge in [-0.1, -0.05) is 19.8 Å². The summed E-state index contributed by atoms with van der Waals surface area (Å²) in [7, 11) is 1.64. The minimum Gasteiger partial charge on any atom is -0.497 e. The second-order valence-electron chi connectivity index (χ2n) is 5.82. The van der Waals surface area contributed by atoms with Crippen LogP contribution < -0.4 is 14.8 Å². The molecule has 0 spiro atoms. The molecule has 1 aliphatic rings. The Hall–Kier alpha value is -1.75. The Morgan fingerprint density at radius 3 is 2.95 bits per heavy atom. The van der Waals surface area contributed by atoms with Crippen LogP contribution >= 0.6 is 0 Å². The minimum absolute atomic E-state index is 0.149. The number of benzene rings is 1. The van der Waals surface area contributed by atoms with Crippen LogP contribution in [-0.2, 0) is 17.8 Å². The van der Waals surface area contributed by atoms with Crippen LogP contribution in [0.15, 0.2) is 12.1 Å². The Labute approximate surface area is 131 Å². The molecule has 5 nitrogen and oxygen atoms in total. The van der Waals surface area contributed by atoms with Crippen LogP contribution in [0, 0.1) is 0 Å². The maximum atomic E-state index is 11.3. The van der Waals surface area contributed by atoms with Gasteiger partial charge in [-0.2, -0.15) is 0 Å². The van der Waals surface area contributed by atoms with E-state index >= 15 is 0 Å². The number of methoxy groups -OCH3 is 1. The number of unbranched alkanes of at least 4 members (excludes halogenated alkanes) is 1. The number of hydrogen-bond donors (Lipinski definition) is 2. The smallest absolute Gasteiger partial charge is 0.320 e. The van der Waals surface area contributed by atoms with Gasteiger partial charge in [0.15, 0.2) is 0 Å². The second kappa shape index (κ2) is 7.49. The lowest BCUT2D eigenvalue weighted by molar-refractivity contribution is -0.139. The van der Waals surface area contributed by atoms with Gasteiger partial charge in [-0.05, 0) is 25.5 Å². The van der Waals surface area contributed by atoms with Crippen LogP contribution in [0.1, 0.15) is 44.2 Å². The standard InChI is InChI=1S/C17H25NO4/c1-4-5-6-15(17(19)20)18-10-13-9-14(21-3)8-12-7-11(2)22-16(12)13/h8-9,11,15,18H,4-7,10H2,1-3H3,(H,19,20)/t11?,15-/m0/s1. The van der Waals surface area contributed by atoms with Crippen molar-refractivity contribution in [3.05, 3.63) is 23.3 Å². The molecule has 2 rings (SSSR count). The highest BCUT2D eigenvalue weighted by Crippen LogP contribution is 2.36. The SMILES string of the molecule is CCCC[C@H](NCc1cc(OC)cc2c1OC(C)C2)C(=O)O. The van der Waals surface area contributed by atoms with Gasteiger partial charge in [0, 0.05) is 24.1 Å². The molecule has 1 heterocycles. The van der Waals surface area contributed by atoms with E-state index in [4.69, 9.17) is 9.47 Å². The monoisotopic (exact) mass is 307 g/mol. The molecule has 2 N–H and O–H groups in total. The van der Waals surface area contributed by atoms with Crippen LogP contribution in [0.5, 0.6) is 11.5 Å². The summed E-state index contributed by atoms with van der Waals surface area (Å²) < 4.78 is 11.2. The first-order valence-electron chi connectivity index (χ1n) is 7.87. The van der Waals surface area contributed by atoms with Crippen LogP contribution in [-0.4, -0.2) is 30.3 Å². The highest BCUT2D eigenvalue weighted by atomic mass is 16.5. The van der Waals surface area contributed by atoms with Gasteiger partial charge in [0.2, 0.25) is 0 Å². The molecule has 0 amide bonds. The first-order valence-corrected chi connectivity index (χ1v) is 7.87. The first kappa shape index (κ1) is 16.6. The maximum Gasteiger partial charge on any atom is 0.320 e. The van der Waals surface area contributed by atoms with E-state index in [0.717, 1.165) is 41.9 Å². The average molecular weight is 307 g/mol. The molecule has 0 bridgehead atoms. The fourth-order valence-electron chi connectivity index (χ4n) is 2.78. The van der Waals surface area contributed by atoms with E-state index in [0.29, 0.717) is 13.0 Å². The maximum absolute atomic E-state index is 11.3. The van der Waals surface area contributed by atoms with Crippen LogP contribution in [0.3, 0.4) is 0 Å². The van der Waals surface area contributed by atoms with E-state index in [2.05, 4.69) is 12.2 Å². The summed E-state index contributed by atoms with van der Waals surface area (Å²) in [5.74, 6) is 0.858. The Kier molecular flexibility index (Phi) is 5.66. The van der Waals surface area contributed by atoms with Gasteiger partial charge in [0.1, 0.15) is 23.6 Å². The number of carbonyl (C=O) groups is 1. The molecule has 122 valence electrons. The van der Waals surface area contributed by atoms with E-state index in [1.54, 1.807) is 7.11 Å². The highest BCUT2D eigenvalue weighted by molar-refractivity contribution is 5.73. The topological polar surface area (TPSA) is 67.8 Å². The minimum atomic E-state index is -0.803. The van der Waals surface area contributed by atoms with E-state index in [1.807, 2.05) is 19.1 Å². The van der Waals surface area contributed by atoms with Gasteiger partial charge in [-0.3, -0.25) is 4.79 Å². The number of carboxylic acid groups (broad SMARTS) is 1. The van der Waals surface area contributed by atoms with Crippen molar-refractivity contribution in [3.63, 3.8) is 0 Å². The van der Waals surface area contributed by atoms with Crippen LogP contribution in [0.4, 0.5) is 0 Å². The predicted octanol–water partition coefficient (Wildman–Crippen LogP) is 2.75. The molecule has 0 fully saturated rings. The Balaban J connectivity index is 2.12. The summed E-state index contributed by atoms with van der Waals surface area (Å²) in [5.41, 5.74) is 2.09. The molecule has 1 aromatic carbocycles. The summed E-state index contributed by atoms with van der Waals surface area (Å²) in [6.07, 6.45) is 3.53. The third-order valence-corrected chi connectivity index (χ3v) is 3.96. The molecule has 0 aromatic heterocycles. The quantitative estimate of drug-likeness (QED) is 0.773. The number of aliphatic carboxylic acids is 1. The Bertz CT molecular complexity index is 530. The molecule has 1 unspecified atom stereocenters. The van der Waals surface area contributed by atoms with E-state index < -0.39 is 12.0 Å². The van der Waals surface area contributed by atoms with Gasteiger partial charge in [0.25, 0.3) is 0 Å². The zero-order chi connectivity index (χ0) is 16.1. The Morgan fingerprint density at radius 2 is 2.32 bits per heavy atom. The number of rotatable bonds is 8. The fraction of sp³-hybridized carbons (Fsp3) is 0.588. The van der Waals surface area contributed by atoms with Gasteiger partial charge < -0.3 is 19.9 Å². The first-order chi connectivity index (χ1) is 10.5. The van der Waals surface area contributed by atoms with Gasteiger partial charge >= 0.3 is 5.97 Å². The number of ether oxygens (including phenoxy) is 2. The highest BCUT2D eigenvalue weighted by Gasteiger charge is 2.24. The molecule has 1 aliphatic heterocycles. The molecule has 0 saturated carbocycles. The third-order valence-electron chi connectivity index (χ3n) is 3.96. The van der Waals surface area contributed by atoms with Gasteiger partial charge in [-0.15, -0.1) is 0 Å². The van der Waals surface area contributed by atoms with Crippen molar-refractivity contribution in [2.45, 2.75) is 58.2 Å². The van der Waals surface area contributed by atoms with Crippen molar-refractivity contribution in [1.29, 1.82) is 0 Å². The molecule has 1 aromatic rings. The summed E-state index contributed by atoms with van der Waals surface area (Å²) in [4.78, 5) is 11.3. The summed E-state index contributed by atoms with van der Waals surface area (Å²) >= 11 is 0. The van der Waals surface area contributed by atoms with E-state index in [9.17, 15) is 9.90 Å². The molecule has 0 aliphatic carbocycles. The van der Waals surface area contributed by atoms with Crippen molar-refractivity contribution in [3.8, 4) is 11.5 Å². The third kappa shape index (κ3) is 3.91. The van der Waals surface area contributed by atoms with Crippen molar-refractivity contribution in [1.82, 2.24) is 5.32 Å². The molecule has 0 radical (unpaired) electrons. The van der Waals surface area contributed by atoms with E-state index in [1.165, 1.54) is 0 Å². The summed E-state index contributed by atoms with van der Waals surface area (Å²) in [5, 5.41) is 12.4. The van der Waals surface area contributed by atoms with Gasteiger partial charge in [0.05, 0.1) is 7.11 Å². The molecule has 22 heavy (non-hydrogen) atoms. The zero-order valence-corrected chi connectivity index (χ0v) is 13.5. The number of hydrogen-bond acceptors (Lipinski definition) is 4. The largest absolute Gasteiger partial charge is 0.497 e. The average Bonchev–Trinajstić information content (AvgIpc) is 2.86. The zero-order valence-electron chi connectivity index (χ0n) is 13.5. The Morgan fingerprint density at radius 1 is 1.55 bits per heavy atom. The number of carboxylic acids is 1. The van der Waals surface area contributed by atoms with Crippen LogP contribution in [0.25, 0.3) is 0 Å². The van der Waals surface area contributed by atoms with Crippen molar-refractivity contribution in [2.75, 3.05) is 7.11 Å². The summed E-state index contributed by atoms with van der Waals surface area (Å²) in [6.45, 7) is 4.56.